The van der Waals surface area contributed by atoms with E-state index in [0.717, 1.165) is 31.5 Å². The van der Waals surface area contributed by atoms with Gasteiger partial charge in [-0.15, -0.1) is 5.10 Å². The zero-order chi connectivity index (χ0) is 11.3. The number of carbonyl (C=O) groups excluding carboxylic acids is 1. The fraction of sp³-hybridized carbons (Fsp3) is 0.700. The quantitative estimate of drug-likeness (QED) is 0.772. The largest absolute Gasteiger partial charge is 0.341 e. The SMILES string of the molecule is CCCCN(C)C(=O)c1snnc1CC. The molecule has 1 aromatic rings. The van der Waals surface area contributed by atoms with E-state index in [4.69, 9.17) is 0 Å². The number of amides is 1. The van der Waals surface area contributed by atoms with Gasteiger partial charge >= 0.3 is 0 Å². The summed E-state index contributed by atoms with van der Waals surface area (Å²) in [5.74, 6) is 0.0512. The Morgan fingerprint density at radius 3 is 2.80 bits per heavy atom. The van der Waals surface area contributed by atoms with Gasteiger partial charge in [-0.1, -0.05) is 24.8 Å². The summed E-state index contributed by atoms with van der Waals surface area (Å²) in [5, 5.41) is 3.94. The topological polar surface area (TPSA) is 46.1 Å². The van der Waals surface area contributed by atoms with Crippen molar-refractivity contribution in [1.82, 2.24) is 14.5 Å². The van der Waals surface area contributed by atoms with E-state index in [9.17, 15) is 4.79 Å². The van der Waals surface area contributed by atoms with E-state index in [2.05, 4.69) is 16.5 Å². The van der Waals surface area contributed by atoms with Gasteiger partial charge in [0.2, 0.25) is 0 Å². The lowest BCUT2D eigenvalue weighted by molar-refractivity contribution is 0.0797. The molecule has 0 fully saturated rings. The Morgan fingerprint density at radius 1 is 1.47 bits per heavy atom. The van der Waals surface area contributed by atoms with Crippen LogP contribution in [0.5, 0.6) is 0 Å². The molecule has 15 heavy (non-hydrogen) atoms. The fourth-order valence-corrected chi connectivity index (χ4v) is 2.02. The standard InChI is InChI=1S/C10H17N3OS/c1-4-6-7-13(3)10(14)9-8(5-2)11-12-15-9/h4-7H2,1-3H3. The number of hydrogen-bond donors (Lipinski definition) is 0. The molecular formula is C10H17N3OS. The van der Waals surface area contributed by atoms with Crippen molar-refractivity contribution in [3.8, 4) is 0 Å². The normalized spacial score (nSPS) is 10.3. The van der Waals surface area contributed by atoms with Gasteiger partial charge < -0.3 is 4.90 Å². The molecule has 0 radical (unpaired) electrons. The smallest absolute Gasteiger partial charge is 0.267 e. The second-order valence-corrected chi connectivity index (χ2v) is 4.24. The lowest BCUT2D eigenvalue weighted by atomic mass is 10.2. The summed E-state index contributed by atoms with van der Waals surface area (Å²) in [5.41, 5.74) is 0.813. The van der Waals surface area contributed by atoms with Gasteiger partial charge in [0.1, 0.15) is 4.88 Å². The van der Waals surface area contributed by atoms with E-state index in [1.165, 1.54) is 11.5 Å². The number of aryl methyl sites for hydroxylation is 1. The highest BCUT2D eigenvalue weighted by molar-refractivity contribution is 7.07. The summed E-state index contributed by atoms with van der Waals surface area (Å²) in [7, 11) is 1.83. The van der Waals surface area contributed by atoms with Crippen molar-refractivity contribution in [2.24, 2.45) is 0 Å². The van der Waals surface area contributed by atoms with E-state index >= 15 is 0 Å². The first-order chi connectivity index (χ1) is 7.20. The molecule has 1 amide bonds. The van der Waals surface area contributed by atoms with Gasteiger partial charge in [-0.2, -0.15) is 0 Å². The van der Waals surface area contributed by atoms with Gasteiger partial charge in [-0.25, -0.2) is 0 Å². The molecule has 1 rings (SSSR count). The van der Waals surface area contributed by atoms with Gasteiger partial charge in [-0.3, -0.25) is 4.79 Å². The first kappa shape index (κ1) is 12.1. The third-order valence-corrected chi connectivity index (χ3v) is 3.03. The maximum Gasteiger partial charge on any atom is 0.267 e. The molecule has 0 atom stereocenters. The van der Waals surface area contributed by atoms with E-state index < -0.39 is 0 Å². The minimum Gasteiger partial charge on any atom is -0.341 e. The van der Waals surface area contributed by atoms with Crippen molar-refractivity contribution in [3.63, 3.8) is 0 Å². The van der Waals surface area contributed by atoms with Crippen LogP contribution in [0.2, 0.25) is 0 Å². The number of hydrogen-bond acceptors (Lipinski definition) is 4. The Kier molecular flexibility index (Phi) is 4.68. The summed E-state index contributed by atoms with van der Waals surface area (Å²) < 4.78 is 3.82. The molecule has 5 heteroatoms. The monoisotopic (exact) mass is 227 g/mol. The van der Waals surface area contributed by atoms with E-state index in [1.807, 2.05) is 14.0 Å². The zero-order valence-corrected chi connectivity index (χ0v) is 10.3. The molecule has 0 saturated carbocycles. The van der Waals surface area contributed by atoms with Gasteiger partial charge in [-0.05, 0) is 24.4 Å². The Balaban J connectivity index is 2.67. The van der Waals surface area contributed by atoms with Crippen LogP contribution in [0.25, 0.3) is 0 Å². The highest BCUT2D eigenvalue weighted by atomic mass is 32.1. The molecule has 0 aliphatic carbocycles. The second kappa shape index (κ2) is 5.80. The molecular weight excluding hydrogens is 210 g/mol. The Bertz CT molecular complexity index is 324. The molecule has 1 heterocycles. The van der Waals surface area contributed by atoms with E-state index in [1.54, 1.807) is 4.90 Å². The highest BCUT2D eigenvalue weighted by Crippen LogP contribution is 2.13. The van der Waals surface area contributed by atoms with Crippen LogP contribution in [0.1, 0.15) is 42.1 Å². The molecule has 4 nitrogen and oxygen atoms in total. The zero-order valence-electron chi connectivity index (χ0n) is 9.49. The number of carbonyl (C=O) groups is 1. The molecule has 0 saturated heterocycles. The summed E-state index contributed by atoms with van der Waals surface area (Å²) in [6.07, 6.45) is 2.90. The summed E-state index contributed by atoms with van der Waals surface area (Å²) in [6, 6.07) is 0. The van der Waals surface area contributed by atoms with Gasteiger partial charge in [0.15, 0.2) is 0 Å². The van der Waals surface area contributed by atoms with Crippen LogP contribution in [-0.2, 0) is 6.42 Å². The van der Waals surface area contributed by atoms with Crippen LogP contribution in [0.3, 0.4) is 0 Å². The number of nitrogens with zero attached hydrogens (tertiary/aromatic N) is 3. The van der Waals surface area contributed by atoms with Crippen LogP contribution < -0.4 is 0 Å². The van der Waals surface area contributed by atoms with Crippen molar-refractivity contribution in [2.75, 3.05) is 13.6 Å². The fourth-order valence-electron chi connectivity index (χ4n) is 1.27. The molecule has 1 aromatic heterocycles. The maximum absolute atomic E-state index is 11.9. The summed E-state index contributed by atoms with van der Waals surface area (Å²) in [4.78, 5) is 14.4. The minimum absolute atomic E-state index is 0.0512. The number of rotatable bonds is 5. The average molecular weight is 227 g/mol. The molecule has 0 spiro atoms. The average Bonchev–Trinajstić information content (AvgIpc) is 2.72. The molecule has 0 aliphatic heterocycles. The van der Waals surface area contributed by atoms with Crippen molar-refractivity contribution in [1.29, 1.82) is 0 Å². The van der Waals surface area contributed by atoms with E-state index in [-0.39, 0.29) is 5.91 Å². The third-order valence-electron chi connectivity index (χ3n) is 2.28. The predicted molar refractivity (Wildman–Crippen MR) is 61.2 cm³/mol. The lowest BCUT2D eigenvalue weighted by Crippen LogP contribution is -2.27. The van der Waals surface area contributed by atoms with Crippen molar-refractivity contribution >= 4 is 17.4 Å². The van der Waals surface area contributed by atoms with E-state index in [0.29, 0.717) is 4.88 Å². The van der Waals surface area contributed by atoms with Gasteiger partial charge in [0.25, 0.3) is 5.91 Å². The predicted octanol–water partition coefficient (Wildman–Crippen LogP) is 1.97. The molecule has 0 N–H and O–H groups in total. The first-order valence-electron chi connectivity index (χ1n) is 5.27. The molecule has 0 aromatic carbocycles. The van der Waals surface area contributed by atoms with Crippen molar-refractivity contribution in [2.45, 2.75) is 33.1 Å². The van der Waals surface area contributed by atoms with Crippen LogP contribution in [0.15, 0.2) is 0 Å². The summed E-state index contributed by atoms with van der Waals surface area (Å²) >= 11 is 1.19. The third kappa shape index (κ3) is 2.99. The molecule has 0 aliphatic rings. The maximum atomic E-state index is 11.9. The Labute approximate surface area is 94.5 Å². The van der Waals surface area contributed by atoms with Gasteiger partial charge in [0.05, 0.1) is 5.69 Å². The van der Waals surface area contributed by atoms with Crippen molar-refractivity contribution < 1.29 is 4.79 Å². The Morgan fingerprint density at radius 2 is 2.20 bits per heavy atom. The molecule has 0 unspecified atom stereocenters. The van der Waals surface area contributed by atoms with Crippen LogP contribution in [-0.4, -0.2) is 34.0 Å². The number of aromatic nitrogens is 2. The minimum atomic E-state index is 0.0512. The van der Waals surface area contributed by atoms with Crippen LogP contribution in [0.4, 0.5) is 0 Å². The van der Waals surface area contributed by atoms with Gasteiger partial charge in [0, 0.05) is 13.6 Å². The number of unbranched alkanes of at least 4 members (excludes halogenated alkanes) is 1. The van der Waals surface area contributed by atoms with Crippen LogP contribution in [0, 0.1) is 0 Å². The second-order valence-electron chi connectivity index (χ2n) is 3.48. The Hall–Kier alpha value is -0.970. The first-order valence-corrected chi connectivity index (χ1v) is 6.04. The highest BCUT2D eigenvalue weighted by Gasteiger charge is 2.18. The lowest BCUT2D eigenvalue weighted by Gasteiger charge is -2.15. The molecule has 84 valence electrons. The van der Waals surface area contributed by atoms with Crippen LogP contribution >= 0.6 is 11.5 Å². The molecule has 0 bridgehead atoms. The summed E-state index contributed by atoms with van der Waals surface area (Å²) in [6.45, 7) is 4.90. The van der Waals surface area contributed by atoms with Crippen molar-refractivity contribution in [3.05, 3.63) is 10.6 Å².